The molecule has 0 aliphatic rings. The second-order valence-electron chi connectivity index (χ2n) is 7.97. The number of sulfonamides is 1. The van der Waals surface area contributed by atoms with Gasteiger partial charge in [-0.2, -0.15) is 0 Å². The summed E-state index contributed by atoms with van der Waals surface area (Å²) in [7, 11) is 0.161. The molecule has 0 saturated heterocycles. The molecular weight excluding hydrogens is 398 g/mol. The van der Waals surface area contributed by atoms with Gasteiger partial charge in [0.1, 0.15) is 0 Å². The number of aryl methyl sites for hydroxylation is 1. The highest BCUT2D eigenvalue weighted by Crippen LogP contribution is 2.26. The first-order chi connectivity index (χ1) is 14.1. The van der Waals surface area contributed by atoms with Crippen molar-refractivity contribution < 1.29 is 13.2 Å². The van der Waals surface area contributed by atoms with E-state index in [0.29, 0.717) is 35.8 Å². The number of carbonyl (C=O) groups is 1. The molecule has 1 amide bonds. The molecular formula is C23H33N3O3S. The minimum Gasteiger partial charge on any atom is -0.350 e. The predicted molar refractivity (Wildman–Crippen MR) is 122 cm³/mol. The van der Waals surface area contributed by atoms with Crippen molar-refractivity contribution in [2.45, 2.75) is 38.6 Å². The van der Waals surface area contributed by atoms with Crippen LogP contribution in [0.1, 0.15) is 36.7 Å². The second kappa shape index (κ2) is 10.1. The highest BCUT2D eigenvalue weighted by molar-refractivity contribution is 7.92. The summed E-state index contributed by atoms with van der Waals surface area (Å²) in [5.74, 6) is 0.0972. The van der Waals surface area contributed by atoms with Gasteiger partial charge in [0.15, 0.2) is 0 Å². The number of para-hydroxylation sites is 1. The smallest absolute Gasteiger partial charge is 0.264 e. The average Bonchev–Trinajstić information content (AvgIpc) is 2.68. The van der Waals surface area contributed by atoms with Gasteiger partial charge in [0, 0.05) is 24.7 Å². The van der Waals surface area contributed by atoms with E-state index in [4.69, 9.17) is 0 Å². The predicted octanol–water partition coefficient (Wildman–Crippen LogP) is 3.53. The lowest BCUT2D eigenvalue weighted by molar-refractivity contribution is 0.0934. The van der Waals surface area contributed by atoms with Gasteiger partial charge in [0.25, 0.3) is 15.9 Å². The summed E-state index contributed by atoms with van der Waals surface area (Å²) in [6.07, 6.45) is 0. The van der Waals surface area contributed by atoms with Crippen LogP contribution in [0.2, 0.25) is 0 Å². The Hall–Kier alpha value is -2.38. The Bertz CT molecular complexity index is 949. The number of anilines is 1. The number of hydrogen-bond acceptors (Lipinski definition) is 4. The maximum Gasteiger partial charge on any atom is 0.264 e. The largest absolute Gasteiger partial charge is 0.350 e. The van der Waals surface area contributed by atoms with Crippen LogP contribution >= 0.6 is 0 Å². The Morgan fingerprint density at radius 2 is 1.70 bits per heavy atom. The first-order valence-electron chi connectivity index (χ1n) is 10.2. The van der Waals surface area contributed by atoms with Gasteiger partial charge in [-0.1, -0.05) is 38.1 Å². The number of nitrogens with one attached hydrogen (secondary N) is 1. The molecule has 0 aliphatic heterocycles. The second-order valence-corrected chi connectivity index (χ2v) is 9.80. The van der Waals surface area contributed by atoms with Crippen molar-refractivity contribution in [2.75, 3.05) is 31.5 Å². The van der Waals surface area contributed by atoms with Crippen molar-refractivity contribution in [3.63, 3.8) is 0 Å². The summed E-state index contributed by atoms with van der Waals surface area (Å²) < 4.78 is 28.1. The Kier molecular flexibility index (Phi) is 8.03. The number of benzene rings is 2. The SMILES string of the molecule is CCN(c1ccccc1)S(=O)(=O)c1cc(C(=O)NCC(C(C)C)N(C)C)ccc1C. The molecule has 0 aromatic heterocycles. The molecule has 0 bridgehead atoms. The maximum absolute atomic E-state index is 13.4. The van der Waals surface area contributed by atoms with E-state index in [0.717, 1.165) is 0 Å². The monoisotopic (exact) mass is 431 g/mol. The summed E-state index contributed by atoms with van der Waals surface area (Å²) in [5, 5.41) is 2.95. The number of carbonyl (C=O) groups excluding carboxylic acids is 1. The molecule has 2 aromatic carbocycles. The lowest BCUT2D eigenvalue weighted by atomic mass is 10.0. The maximum atomic E-state index is 13.4. The lowest BCUT2D eigenvalue weighted by Gasteiger charge is -2.28. The zero-order valence-corrected chi connectivity index (χ0v) is 19.5. The highest BCUT2D eigenvalue weighted by atomic mass is 32.2. The third-order valence-corrected chi connectivity index (χ3v) is 7.30. The summed E-state index contributed by atoms with van der Waals surface area (Å²) >= 11 is 0. The fourth-order valence-corrected chi connectivity index (χ4v) is 5.26. The van der Waals surface area contributed by atoms with E-state index in [1.165, 1.54) is 10.4 Å². The minimum atomic E-state index is -3.80. The average molecular weight is 432 g/mol. The summed E-state index contributed by atoms with van der Waals surface area (Å²) in [6.45, 7) is 8.54. The third kappa shape index (κ3) is 5.40. The van der Waals surface area contributed by atoms with Crippen molar-refractivity contribution in [2.24, 2.45) is 5.92 Å². The third-order valence-electron chi connectivity index (χ3n) is 5.25. The zero-order chi connectivity index (χ0) is 22.5. The number of likely N-dealkylation sites (N-methyl/N-ethyl adjacent to an activating group) is 1. The molecule has 2 aromatic rings. The molecule has 0 spiro atoms. The van der Waals surface area contributed by atoms with Gasteiger partial charge in [-0.15, -0.1) is 0 Å². The summed E-state index contributed by atoms with van der Waals surface area (Å²) in [6, 6.07) is 14.0. The van der Waals surface area contributed by atoms with E-state index < -0.39 is 10.0 Å². The van der Waals surface area contributed by atoms with Gasteiger partial charge in [-0.3, -0.25) is 9.10 Å². The van der Waals surface area contributed by atoms with Gasteiger partial charge in [0.05, 0.1) is 10.6 Å². The zero-order valence-electron chi connectivity index (χ0n) is 18.7. The molecule has 0 radical (unpaired) electrons. The highest BCUT2D eigenvalue weighted by Gasteiger charge is 2.26. The molecule has 7 heteroatoms. The van der Waals surface area contributed by atoms with Crippen molar-refractivity contribution >= 4 is 21.6 Å². The van der Waals surface area contributed by atoms with Gasteiger partial charge < -0.3 is 10.2 Å². The van der Waals surface area contributed by atoms with E-state index >= 15 is 0 Å². The quantitative estimate of drug-likeness (QED) is 0.659. The van der Waals surface area contributed by atoms with Crippen molar-refractivity contribution in [3.8, 4) is 0 Å². The van der Waals surface area contributed by atoms with Gasteiger partial charge in [-0.25, -0.2) is 8.42 Å². The number of hydrogen-bond donors (Lipinski definition) is 1. The Labute approximate surface area is 180 Å². The molecule has 6 nitrogen and oxygen atoms in total. The summed E-state index contributed by atoms with van der Waals surface area (Å²) in [4.78, 5) is 15.0. The van der Waals surface area contributed by atoms with E-state index in [-0.39, 0.29) is 16.8 Å². The van der Waals surface area contributed by atoms with Crippen LogP contribution in [0.25, 0.3) is 0 Å². The standard InChI is InChI=1S/C23H33N3O3S/c1-7-26(20-11-9-8-10-12-20)30(28,29)22-15-19(14-13-18(22)4)23(27)24-16-21(17(2)3)25(5)6/h8-15,17,21H,7,16H2,1-6H3,(H,24,27). The number of nitrogens with zero attached hydrogens (tertiary/aromatic N) is 2. The molecule has 0 fully saturated rings. The number of amides is 1. The van der Waals surface area contributed by atoms with Gasteiger partial charge in [0.2, 0.25) is 0 Å². The van der Waals surface area contributed by atoms with E-state index in [1.54, 1.807) is 50.2 Å². The number of rotatable bonds is 9. The van der Waals surface area contributed by atoms with Crippen molar-refractivity contribution in [1.82, 2.24) is 10.2 Å². The molecule has 2 rings (SSSR count). The van der Waals surface area contributed by atoms with Gasteiger partial charge >= 0.3 is 0 Å². The van der Waals surface area contributed by atoms with Crippen LogP contribution in [0.3, 0.4) is 0 Å². The molecule has 0 saturated carbocycles. The minimum absolute atomic E-state index is 0.147. The van der Waals surface area contributed by atoms with Crippen LogP contribution in [-0.2, 0) is 10.0 Å². The first kappa shape index (κ1) is 23.9. The van der Waals surface area contributed by atoms with Crippen LogP contribution in [0.5, 0.6) is 0 Å². The molecule has 1 atom stereocenters. The van der Waals surface area contributed by atoms with Gasteiger partial charge in [-0.05, 0) is 63.7 Å². The lowest BCUT2D eigenvalue weighted by Crippen LogP contribution is -2.43. The van der Waals surface area contributed by atoms with Crippen LogP contribution in [-0.4, -0.2) is 52.5 Å². The molecule has 0 heterocycles. The van der Waals surface area contributed by atoms with Crippen molar-refractivity contribution in [3.05, 3.63) is 59.7 Å². The van der Waals surface area contributed by atoms with E-state index in [2.05, 4.69) is 24.1 Å². The topological polar surface area (TPSA) is 69.7 Å². The molecule has 164 valence electrons. The van der Waals surface area contributed by atoms with Crippen LogP contribution in [0.15, 0.2) is 53.4 Å². The van der Waals surface area contributed by atoms with Crippen LogP contribution < -0.4 is 9.62 Å². The summed E-state index contributed by atoms with van der Waals surface area (Å²) in [5.41, 5.74) is 1.54. The molecule has 0 aliphatic carbocycles. The normalized spacial score (nSPS) is 12.8. The molecule has 30 heavy (non-hydrogen) atoms. The van der Waals surface area contributed by atoms with E-state index in [9.17, 15) is 13.2 Å². The Morgan fingerprint density at radius 3 is 2.23 bits per heavy atom. The molecule has 1 unspecified atom stereocenters. The Balaban J connectivity index is 2.33. The fourth-order valence-electron chi connectivity index (χ4n) is 3.54. The van der Waals surface area contributed by atoms with Crippen LogP contribution in [0, 0.1) is 12.8 Å². The van der Waals surface area contributed by atoms with E-state index in [1.807, 2.05) is 20.2 Å². The fraction of sp³-hybridized carbons (Fsp3) is 0.435. The van der Waals surface area contributed by atoms with Crippen molar-refractivity contribution in [1.29, 1.82) is 0 Å². The molecule has 1 N–H and O–H groups in total. The first-order valence-corrected chi connectivity index (χ1v) is 11.7. The Morgan fingerprint density at radius 1 is 1.07 bits per heavy atom. The van der Waals surface area contributed by atoms with Crippen LogP contribution in [0.4, 0.5) is 5.69 Å².